The minimum Gasteiger partial charge on any atom is -2.00 e. The van der Waals surface area contributed by atoms with Crippen LogP contribution in [0.2, 0.25) is 0 Å². The van der Waals surface area contributed by atoms with Gasteiger partial charge < -0.3 is 25.6 Å². The van der Waals surface area contributed by atoms with E-state index < -0.39 is 7.82 Å². The summed E-state index contributed by atoms with van der Waals surface area (Å²) in [6.45, 7) is 0. The molecule has 0 rings (SSSR count). The fourth-order valence-electron chi connectivity index (χ4n) is 0. The van der Waals surface area contributed by atoms with E-state index in [1.807, 2.05) is 0 Å². The Kier molecular flexibility index (Phi) is 42.7. The molecule has 0 aliphatic heterocycles. The van der Waals surface area contributed by atoms with Crippen LogP contribution < -0.4 is 34.5 Å². The van der Waals surface area contributed by atoms with Crippen LogP contribution in [0.1, 0.15) is 0 Å². The Balaban J connectivity index is -0.0000000133. The summed E-state index contributed by atoms with van der Waals surface area (Å²) in [6, 6.07) is 0. The third kappa shape index (κ3) is 192. The Morgan fingerprint density at radius 1 is 1.22 bits per heavy atom. The average Bonchev–Trinajstić information content (AvgIpc) is 0.722. The smallest absolute Gasteiger partial charge is 2.00 e. The Morgan fingerprint density at radius 3 is 1.22 bits per heavy atom. The summed E-state index contributed by atoms with van der Waals surface area (Å²) in [7, 11) is -4.89. The number of hydrogen-bond acceptors (Lipinski definition) is 2. The topological polar surface area (TPSA) is 138 Å². The van der Waals surface area contributed by atoms with Crippen molar-refractivity contribution in [2.24, 2.45) is 0 Å². The van der Waals surface area contributed by atoms with Gasteiger partial charge in [-0.1, -0.05) is 0 Å². The quantitative estimate of drug-likeness (QED) is 0.299. The molecule has 0 aromatic carbocycles. The minimum absolute atomic E-state index is 0. The zero-order chi connectivity index (χ0) is 4.50. The van der Waals surface area contributed by atoms with Crippen LogP contribution in [0.3, 0.4) is 0 Å². The summed E-state index contributed by atoms with van der Waals surface area (Å²) in [5, 5.41) is 0. The molecule has 9 heavy (non-hydrogen) atoms. The van der Waals surface area contributed by atoms with Crippen molar-refractivity contribution in [1.82, 2.24) is 0 Å². The molecule has 0 radical (unpaired) electrons. The largest absolute Gasteiger partial charge is 4.00 e. The Labute approximate surface area is 88.7 Å². The molecule has 48 valence electrons. The van der Waals surface area contributed by atoms with Gasteiger partial charge in [0.15, 0.2) is 0 Å². The second-order valence-corrected chi connectivity index (χ2v) is 1.47. The van der Waals surface area contributed by atoms with Crippen molar-refractivity contribution in [3.05, 3.63) is 0 Å². The van der Waals surface area contributed by atoms with E-state index in [1.165, 1.54) is 0 Å². The summed E-state index contributed by atoms with van der Waals surface area (Å²) < 4.78 is 8.77. The van der Waals surface area contributed by atoms with Gasteiger partial charge in [-0.25, -0.2) is 0 Å². The van der Waals surface area contributed by atoms with Crippen molar-refractivity contribution in [1.29, 1.82) is 0 Å². The van der Waals surface area contributed by atoms with Crippen LogP contribution in [-0.2, 0) is 37.2 Å². The first-order valence-electron chi connectivity index (χ1n) is 0.765. The first-order chi connectivity index (χ1) is 2.00. The first-order valence-corrected chi connectivity index (χ1v) is 2.30. The van der Waals surface area contributed by atoms with E-state index in [9.17, 15) is 0 Å². The third-order valence-electron chi connectivity index (χ3n) is 0. The van der Waals surface area contributed by atoms with Gasteiger partial charge in [0.05, 0.1) is 0 Å². The van der Waals surface area contributed by atoms with Crippen molar-refractivity contribution >= 4 is 7.82 Å². The van der Waals surface area contributed by atoms with Crippen molar-refractivity contribution in [3.8, 4) is 0 Å². The minimum atomic E-state index is -4.89. The van der Waals surface area contributed by atoms with Gasteiger partial charge in [0.2, 0.25) is 0 Å². The zero-order valence-corrected chi connectivity index (χ0v) is 8.93. The third-order valence-corrected chi connectivity index (χ3v) is 0. The fraction of sp³-hybridized carbons (Fsp3) is 0. The number of rotatable bonds is 0. The molecule has 0 spiro atoms. The number of hydrogen-bond donors (Lipinski definition) is 2. The van der Waals surface area contributed by atoms with Crippen LogP contribution in [0.5, 0.6) is 0 Å². The van der Waals surface area contributed by atoms with Gasteiger partial charge in [0.25, 0.3) is 7.82 Å². The molecule has 0 aliphatic rings. The molecule has 0 aliphatic carbocycles. The molecule has 0 aromatic rings. The second-order valence-electron chi connectivity index (χ2n) is 0.491. The van der Waals surface area contributed by atoms with E-state index in [1.54, 1.807) is 0 Å². The van der Waals surface area contributed by atoms with Gasteiger partial charge in [-0.05, 0) is 0 Å². The Hall–Kier alpha value is 1.74. The average molecular weight is 200 g/mol. The van der Waals surface area contributed by atoms with Crippen LogP contribution >= 0.6 is 7.82 Å². The van der Waals surface area contributed by atoms with Gasteiger partial charge >= 0.3 is 51.3 Å². The van der Waals surface area contributed by atoms with E-state index >= 15 is 0 Å². The van der Waals surface area contributed by atoms with Gasteiger partial charge in [-0.15, -0.1) is 0 Å². The van der Waals surface area contributed by atoms with Crippen molar-refractivity contribution < 1.29 is 81.5 Å². The van der Waals surface area contributed by atoms with E-state index in [-0.39, 0.29) is 62.2 Å². The molecule has 2 N–H and O–H groups in total. The van der Waals surface area contributed by atoms with Crippen LogP contribution in [0.15, 0.2) is 0 Å². The van der Waals surface area contributed by atoms with Crippen LogP contribution in [0.25, 0.3) is 0 Å². The normalized spacial score (nSPS) is 6.56. The number of phosphoric acid groups is 1. The Bertz CT molecular complexity index is 59.2. The SMILES string of the molecule is O=P([O-])(O)O.[Na+].[O-2].[O-2].[Ti+4]. The van der Waals surface area contributed by atoms with Crippen LogP contribution in [0, 0.1) is 0 Å². The molecule has 0 atom stereocenters. The molecule has 0 unspecified atom stereocenters. The van der Waals surface area contributed by atoms with Gasteiger partial charge in [-0.3, -0.25) is 4.57 Å². The molecule has 0 fully saturated rings. The summed E-state index contributed by atoms with van der Waals surface area (Å²) >= 11 is 0. The fourth-order valence-corrected chi connectivity index (χ4v) is 0. The molecule has 6 nitrogen and oxygen atoms in total. The monoisotopic (exact) mass is 200 g/mol. The zero-order valence-electron chi connectivity index (χ0n) is 4.47. The molecule has 0 bridgehead atoms. The van der Waals surface area contributed by atoms with Gasteiger partial charge in [-0.2, -0.15) is 0 Å². The molecule has 0 amide bonds. The maximum absolute atomic E-state index is 8.77. The van der Waals surface area contributed by atoms with E-state index in [0.29, 0.717) is 0 Å². The maximum Gasteiger partial charge on any atom is 4.00 e. The van der Waals surface area contributed by atoms with E-state index in [0.717, 1.165) is 0 Å². The van der Waals surface area contributed by atoms with Crippen molar-refractivity contribution in [3.63, 3.8) is 0 Å². The predicted molar refractivity (Wildman–Crippen MR) is 13.4 cm³/mol. The van der Waals surface area contributed by atoms with Gasteiger partial charge in [0, 0.05) is 0 Å². The molecule has 0 aromatic heterocycles. The standard InChI is InChI=1S/Na.H3O4P.2O.Ti/c;1-5(2,3)4;;;/h;(H3,1,2,3,4);;;/q+1;;2*-2;+4/p-1. The summed E-state index contributed by atoms with van der Waals surface area (Å²) in [4.78, 5) is 22.9. The molecular weight excluding hydrogens is 198 g/mol. The maximum atomic E-state index is 8.77. The van der Waals surface area contributed by atoms with Crippen LogP contribution in [0.4, 0.5) is 0 Å². The molecule has 0 heterocycles. The molecular formula is H2NaO6PTi. The molecule has 0 saturated carbocycles. The van der Waals surface area contributed by atoms with Gasteiger partial charge in [0.1, 0.15) is 0 Å². The van der Waals surface area contributed by atoms with Crippen molar-refractivity contribution in [2.75, 3.05) is 0 Å². The first kappa shape index (κ1) is 30.9. The van der Waals surface area contributed by atoms with E-state index in [2.05, 4.69) is 0 Å². The summed E-state index contributed by atoms with van der Waals surface area (Å²) in [5.74, 6) is 0. The molecule has 9 heteroatoms. The van der Waals surface area contributed by atoms with E-state index in [4.69, 9.17) is 19.2 Å². The van der Waals surface area contributed by atoms with Crippen LogP contribution in [-0.4, -0.2) is 9.79 Å². The summed E-state index contributed by atoms with van der Waals surface area (Å²) in [5.41, 5.74) is 0. The molecule has 0 saturated heterocycles. The van der Waals surface area contributed by atoms with Crippen molar-refractivity contribution in [2.45, 2.75) is 0 Å². The predicted octanol–water partition coefficient (Wildman–Crippen LogP) is -4.80. The second kappa shape index (κ2) is 12.4. The Morgan fingerprint density at radius 2 is 1.22 bits per heavy atom. The summed E-state index contributed by atoms with van der Waals surface area (Å²) in [6.07, 6.45) is 0.